The third-order valence-corrected chi connectivity index (χ3v) is 5.49. The number of ether oxygens (including phenoxy) is 1. The Hall–Kier alpha value is -0.660. The van der Waals surface area contributed by atoms with Crippen molar-refractivity contribution in [3.05, 3.63) is 0 Å². The number of carbonyl (C=O) groups excluding carboxylic acids is 1. The third-order valence-electron chi connectivity index (χ3n) is 3.61. The summed E-state index contributed by atoms with van der Waals surface area (Å²) in [5.41, 5.74) is 0. The van der Waals surface area contributed by atoms with Crippen LogP contribution >= 0.6 is 0 Å². The molecule has 0 aromatic heterocycles. The Morgan fingerprint density at radius 1 is 1.29 bits per heavy atom. The summed E-state index contributed by atoms with van der Waals surface area (Å²) < 4.78 is 30.5. The Morgan fingerprint density at radius 3 is 2.33 bits per heavy atom. The minimum absolute atomic E-state index is 0.0332. The van der Waals surface area contributed by atoms with Crippen molar-refractivity contribution < 1.29 is 17.9 Å². The van der Waals surface area contributed by atoms with E-state index in [4.69, 9.17) is 4.74 Å². The number of amides is 1. The molecule has 0 bridgehead atoms. The molecule has 1 saturated heterocycles. The van der Waals surface area contributed by atoms with Gasteiger partial charge in [-0.15, -0.1) is 0 Å². The molecule has 0 saturated carbocycles. The lowest BCUT2D eigenvalue weighted by atomic mass is 10.1. The van der Waals surface area contributed by atoms with E-state index in [0.717, 1.165) is 0 Å². The van der Waals surface area contributed by atoms with Gasteiger partial charge in [-0.25, -0.2) is 12.7 Å². The fraction of sp³-hybridized carbons (Fsp3) is 0.929. The van der Waals surface area contributed by atoms with Crippen molar-refractivity contribution >= 4 is 15.9 Å². The first-order chi connectivity index (χ1) is 9.76. The fourth-order valence-corrected chi connectivity index (χ4v) is 3.32. The monoisotopic (exact) mass is 320 g/mol. The van der Waals surface area contributed by atoms with Gasteiger partial charge < -0.3 is 10.1 Å². The van der Waals surface area contributed by atoms with Crippen LogP contribution in [0.25, 0.3) is 0 Å². The van der Waals surface area contributed by atoms with Crippen molar-refractivity contribution in [2.75, 3.05) is 25.4 Å². The average molecular weight is 320 g/mol. The normalized spacial score (nSPS) is 19.7. The number of carbonyl (C=O) groups is 1. The molecule has 0 radical (unpaired) electrons. The molecule has 1 N–H and O–H groups in total. The number of nitrogens with one attached hydrogen (secondary N) is 1. The number of rotatable bonds is 7. The first-order valence-electron chi connectivity index (χ1n) is 7.66. The fourth-order valence-electron chi connectivity index (χ4n) is 2.19. The van der Waals surface area contributed by atoms with Gasteiger partial charge in [0.2, 0.25) is 15.9 Å². The first-order valence-corrected chi connectivity index (χ1v) is 9.27. The minimum atomic E-state index is -3.11. The molecule has 1 rings (SSSR count). The van der Waals surface area contributed by atoms with Crippen LogP contribution in [-0.4, -0.2) is 56.2 Å². The highest BCUT2D eigenvalue weighted by molar-refractivity contribution is 7.89. The Morgan fingerprint density at radius 2 is 1.86 bits per heavy atom. The van der Waals surface area contributed by atoms with Crippen molar-refractivity contribution in [3.63, 3.8) is 0 Å². The van der Waals surface area contributed by atoms with Crippen LogP contribution in [0.4, 0.5) is 0 Å². The SMILES string of the molecule is CCS(=O)(=O)N1CCC(NC(=O)[C@H](C)OCC(C)C)CC1. The van der Waals surface area contributed by atoms with Gasteiger partial charge in [-0.3, -0.25) is 4.79 Å². The minimum Gasteiger partial charge on any atom is -0.368 e. The highest BCUT2D eigenvalue weighted by Gasteiger charge is 2.28. The highest BCUT2D eigenvalue weighted by atomic mass is 32.2. The van der Waals surface area contributed by atoms with Crippen LogP contribution in [-0.2, 0) is 19.6 Å². The summed E-state index contributed by atoms with van der Waals surface area (Å²) in [5, 5.41) is 2.95. The molecule has 21 heavy (non-hydrogen) atoms. The molecule has 124 valence electrons. The second-order valence-electron chi connectivity index (χ2n) is 5.95. The van der Waals surface area contributed by atoms with Crippen molar-refractivity contribution in [2.45, 2.75) is 52.7 Å². The third kappa shape index (κ3) is 5.92. The van der Waals surface area contributed by atoms with Crippen LogP contribution in [0.1, 0.15) is 40.5 Å². The van der Waals surface area contributed by atoms with Gasteiger partial charge in [0.25, 0.3) is 0 Å². The van der Waals surface area contributed by atoms with Crippen LogP contribution in [0.15, 0.2) is 0 Å². The number of hydrogen-bond acceptors (Lipinski definition) is 4. The molecule has 0 aromatic rings. The van der Waals surface area contributed by atoms with Gasteiger partial charge in [0.1, 0.15) is 6.10 Å². The molecular weight excluding hydrogens is 292 g/mol. The maximum Gasteiger partial charge on any atom is 0.249 e. The van der Waals surface area contributed by atoms with E-state index >= 15 is 0 Å². The molecule has 1 heterocycles. The summed E-state index contributed by atoms with van der Waals surface area (Å²) in [6.07, 6.45) is 0.841. The molecule has 1 amide bonds. The largest absolute Gasteiger partial charge is 0.368 e. The number of nitrogens with zero attached hydrogens (tertiary/aromatic N) is 1. The zero-order valence-corrected chi connectivity index (χ0v) is 14.3. The standard InChI is InChI=1S/C14H28N2O4S/c1-5-21(18,19)16-8-6-13(7-9-16)15-14(17)12(4)20-10-11(2)3/h11-13H,5-10H2,1-4H3,(H,15,17)/t12-/m0/s1. The lowest BCUT2D eigenvalue weighted by Gasteiger charge is -2.31. The topological polar surface area (TPSA) is 75.7 Å². The van der Waals surface area contributed by atoms with Crippen LogP contribution in [0.5, 0.6) is 0 Å². The number of piperidine rings is 1. The summed E-state index contributed by atoms with van der Waals surface area (Å²) >= 11 is 0. The summed E-state index contributed by atoms with van der Waals surface area (Å²) in [5.74, 6) is 0.402. The Balaban J connectivity index is 2.37. The quantitative estimate of drug-likeness (QED) is 0.758. The van der Waals surface area contributed by atoms with E-state index in [1.54, 1.807) is 13.8 Å². The molecule has 0 aliphatic carbocycles. The second-order valence-corrected chi connectivity index (χ2v) is 8.21. The molecule has 1 aliphatic rings. The van der Waals surface area contributed by atoms with Crippen molar-refractivity contribution in [3.8, 4) is 0 Å². The van der Waals surface area contributed by atoms with Crippen molar-refractivity contribution in [1.82, 2.24) is 9.62 Å². The Labute approximate surface area is 128 Å². The molecule has 1 aliphatic heterocycles. The van der Waals surface area contributed by atoms with Gasteiger partial charge in [-0.1, -0.05) is 13.8 Å². The molecule has 7 heteroatoms. The van der Waals surface area contributed by atoms with Gasteiger partial charge in [0.05, 0.1) is 5.75 Å². The second kappa shape index (κ2) is 8.10. The van der Waals surface area contributed by atoms with E-state index in [2.05, 4.69) is 5.32 Å². The maximum atomic E-state index is 12.0. The van der Waals surface area contributed by atoms with Crippen LogP contribution in [0.3, 0.4) is 0 Å². The Bertz CT molecular complexity index is 428. The van der Waals surface area contributed by atoms with Gasteiger partial charge in [-0.05, 0) is 32.6 Å². The Kier molecular flexibility index (Phi) is 7.09. The zero-order valence-electron chi connectivity index (χ0n) is 13.5. The molecule has 6 nitrogen and oxygen atoms in total. The van der Waals surface area contributed by atoms with E-state index < -0.39 is 16.1 Å². The zero-order chi connectivity index (χ0) is 16.0. The average Bonchev–Trinajstić information content (AvgIpc) is 2.45. The number of hydrogen-bond donors (Lipinski definition) is 1. The van der Waals surface area contributed by atoms with Gasteiger partial charge in [0.15, 0.2) is 0 Å². The van der Waals surface area contributed by atoms with Gasteiger partial charge >= 0.3 is 0 Å². The lowest BCUT2D eigenvalue weighted by molar-refractivity contribution is -0.133. The number of sulfonamides is 1. The van der Waals surface area contributed by atoms with E-state index in [9.17, 15) is 13.2 Å². The van der Waals surface area contributed by atoms with Gasteiger partial charge in [-0.2, -0.15) is 0 Å². The molecule has 0 unspecified atom stereocenters. The summed E-state index contributed by atoms with van der Waals surface area (Å²) in [6.45, 7) is 8.97. The maximum absolute atomic E-state index is 12.0. The predicted octanol–water partition coefficient (Wildman–Crippen LogP) is 0.978. The van der Waals surface area contributed by atoms with Crippen LogP contribution in [0.2, 0.25) is 0 Å². The van der Waals surface area contributed by atoms with E-state index in [-0.39, 0.29) is 17.7 Å². The summed E-state index contributed by atoms with van der Waals surface area (Å²) in [4.78, 5) is 12.0. The predicted molar refractivity (Wildman–Crippen MR) is 82.5 cm³/mol. The first kappa shape index (κ1) is 18.4. The highest BCUT2D eigenvalue weighted by Crippen LogP contribution is 2.14. The smallest absolute Gasteiger partial charge is 0.249 e. The van der Waals surface area contributed by atoms with Crippen LogP contribution < -0.4 is 5.32 Å². The lowest BCUT2D eigenvalue weighted by Crippen LogP contribution is -2.49. The molecule has 0 aromatic carbocycles. The summed E-state index contributed by atoms with van der Waals surface area (Å²) in [6, 6.07) is 0.0332. The van der Waals surface area contributed by atoms with E-state index in [1.165, 1.54) is 4.31 Å². The van der Waals surface area contributed by atoms with Crippen molar-refractivity contribution in [2.24, 2.45) is 5.92 Å². The molecule has 1 atom stereocenters. The van der Waals surface area contributed by atoms with Crippen molar-refractivity contribution in [1.29, 1.82) is 0 Å². The molecular formula is C14H28N2O4S. The van der Waals surface area contributed by atoms with Crippen LogP contribution in [0, 0.1) is 5.92 Å². The van der Waals surface area contributed by atoms with E-state index in [1.807, 2.05) is 13.8 Å². The van der Waals surface area contributed by atoms with E-state index in [0.29, 0.717) is 38.5 Å². The molecule has 0 spiro atoms. The van der Waals surface area contributed by atoms with Gasteiger partial charge in [0, 0.05) is 25.7 Å². The summed E-state index contributed by atoms with van der Waals surface area (Å²) in [7, 11) is -3.11. The molecule has 1 fully saturated rings.